The summed E-state index contributed by atoms with van der Waals surface area (Å²) in [6.07, 6.45) is 0.865. The molecule has 0 amide bonds. The van der Waals surface area contributed by atoms with E-state index < -0.39 is 0 Å². The molecule has 2 rings (SSSR count). The lowest BCUT2D eigenvalue weighted by Crippen LogP contribution is -2.08. The maximum absolute atomic E-state index is 11.4. The molecular formula is C12H14ClN3O2. The number of carbonyl (C=O) groups excluding carboxylic acids is 1. The fourth-order valence-electron chi connectivity index (χ4n) is 1.77. The van der Waals surface area contributed by atoms with E-state index in [0.29, 0.717) is 17.6 Å². The number of fused-ring (bicyclic) bond motifs is 1. The highest BCUT2D eigenvalue weighted by Crippen LogP contribution is 2.19. The molecule has 2 heterocycles. The maximum Gasteiger partial charge on any atom is 0.313 e. The quantitative estimate of drug-likeness (QED) is 0.682. The molecule has 5 nitrogen and oxygen atoms in total. The van der Waals surface area contributed by atoms with Gasteiger partial charge in [-0.1, -0.05) is 18.5 Å². The highest BCUT2D eigenvalue weighted by Gasteiger charge is 2.12. The molecule has 0 aromatic carbocycles. The Morgan fingerprint density at radius 3 is 2.89 bits per heavy atom. The van der Waals surface area contributed by atoms with Gasteiger partial charge in [-0.15, -0.1) is 0 Å². The predicted molar refractivity (Wildman–Crippen MR) is 68.6 cm³/mol. The van der Waals surface area contributed by atoms with Gasteiger partial charge < -0.3 is 9.72 Å². The summed E-state index contributed by atoms with van der Waals surface area (Å²) in [4.78, 5) is 23.0. The molecule has 0 aliphatic heterocycles. The van der Waals surface area contributed by atoms with Crippen molar-refractivity contribution >= 4 is 28.6 Å². The number of H-pyrrole nitrogens is 1. The molecule has 6 heteroatoms. The molecule has 0 bridgehead atoms. The number of halogens is 1. The summed E-state index contributed by atoms with van der Waals surface area (Å²) in [6, 6.07) is 1.71. The fourth-order valence-corrected chi connectivity index (χ4v) is 1.99. The molecule has 0 aliphatic rings. The molecule has 2 aromatic heterocycles. The van der Waals surface area contributed by atoms with E-state index in [-0.39, 0.29) is 12.4 Å². The van der Waals surface area contributed by atoms with Gasteiger partial charge in [0.15, 0.2) is 0 Å². The van der Waals surface area contributed by atoms with Crippen molar-refractivity contribution in [3.63, 3.8) is 0 Å². The molecule has 96 valence electrons. The summed E-state index contributed by atoms with van der Waals surface area (Å²) in [5, 5.41) is 0.422. The Balaban J connectivity index is 2.35. The smallest absolute Gasteiger partial charge is 0.313 e. The van der Waals surface area contributed by atoms with Crippen molar-refractivity contribution < 1.29 is 9.53 Å². The van der Waals surface area contributed by atoms with Crippen molar-refractivity contribution in [1.29, 1.82) is 0 Å². The van der Waals surface area contributed by atoms with Crippen LogP contribution in [0.15, 0.2) is 6.07 Å². The number of aromatic amines is 1. The van der Waals surface area contributed by atoms with E-state index in [9.17, 15) is 4.79 Å². The first-order chi connectivity index (χ1) is 8.63. The highest BCUT2D eigenvalue weighted by molar-refractivity contribution is 6.30. The zero-order chi connectivity index (χ0) is 13.1. The van der Waals surface area contributed by atoms with Crippen molar-refractivity contribution in [2.24, 2.45) is 0 Å². The lowest BCUT2D eigenvalue weighted by atomic mass is 10.2. The number of ether oxygens (including phenoxy) is 1. The summed E-state index contributed by atoms with van der Waals surface area (Å²) in [5.41, 5.74) is 2.39. The normalized spacial score (nSPS) is 10.8. The van der Waals surface area contributed by atoms with Crippen molar-refractivity contribution in [2.45, 2.75) is 26.7 Å². The van der Waals surface area contributed by atoms with E-state index in [0.717, 1.165) is 23.1 Å². The van der Waals surface area contributed by atoms with E-state index in [2.05, 4.69) is 15.0 Å². The van der Waals surface area contributed by atoms with Crippen LogP contribution in [0.25, 0.3) is 11.0 Å². The van der Waals surface area contributed by atoms with Crippen LogP contribution in [-0.2, 0) is 22.4 Å². The molecule has 2 aromatic rings. The zero-order valence-corrected chi connectivity index (χ0v) is 11.0. The van der Waals surface area contributed by atoms with Crippen LogP contribution in [0.3, 0.4) is 0 Å². The van der Waals surface area contributed by atoms with Gasteiger partial charge in [0.05, 0.1) is 17.8 Å². The molecule has 18 heavy (non-hydrogen) atoms. The van der Waals surface area contributed by atoms with Gasteiger partial charge in [-0.25, -0.2) is 9.97 Å². The fraction of sp³-hybridized carbons (Fsp3) is 0.417. The molecule has 0 aliphatic carbocycles. The number of imidazole rings is 1. The summed E-state index contributed by atoms with van der Waals surface area (Å²) in [6.45, 7) is 4.12. The molecular weight excluding hydrogens is 254 g/mol. The third-order valence-electron chi connectivity index (χ3n) is 2.51. The van der Waals surface area contributed by atoms with E-state index >= 15 is 0 Å². The number of esters is 1. The molecule has 0 saturated carbocycles. The first kappa shape index (κ1) is 12.8. The Morgan fingerprint density at radius 1 is 1.44 bits per heavy atom. The highest BCUT2D eigenvalue weighted by atomic mass is 35.5. The number of nitrogens with one attached hydrogen (secondary N) is 1. The van der Waals surface area contributed by atoms with Gasteiger partial charge in [0.2, 0.25) is 0 Å². The average molecular weight is 268 g/mol. The lowest BCUT2D eigenvalue weighted by molar-refractivity contribution is -0.142. The summed E-state index contributed by atoms with van der Waals surface area (Å²) in [7, 11) is 0. The topological polar surface area (TPSA) is 67.9 Å². The summed E-state index contributed by atoms with van der Waals surface area (Å²) < 4.78 is 4.88. The molecule has 0 unspecified atom stereocenters. The van der Waals surface area contributed by atoms with Crippen LogP contribution in [0.1, 0.15) is 25.4 Å². The van der Waals surface area contributed by atoms with Crippen LogP contribution in [0.5, 0.6) is 0 Å². The number of aromatic nitrogens is 3. The maximum atomic E-state index is 11.4. The second kappa shape index (κ2) is 5.35. The molecule has 1 N–H and O–H groups in total. The van der Waals surface area contributed by atoms with Crippen LogP contribution < -0.4 is 0 Å². The monoisotopic (exact) mass is 267 g/mol. The van der Waals surface area contributed by atoms with Crippen LogP contribution in [0.4, 0.5) is 0 Å². The number of aryl methyl sites for hydroxylation is 1. The minimum Gasteiger partial charge on any atom is -0.466 e. The first-order valence-corrected chi connectivity index (χ1v) is 6.21. The largest absolute Gasteiger partial charge is 0.466 e. The van der Waals surface area contributed by atoms with Gasteiger partial charge in [-0.05, 0) is 13.3 Å². The van der Waals surface area contributed by atoms with Crippen LogP contribution in [0.2, 0.25) is 5.15 Å². The van der Waals surface area contributed by atoms with Gasteiger partial charge in [0.25, 0.3) is 0 Å². The van der Waals surface area contributed by atoms with Gasteiger partial charge in [-0.2, -0.15) is 0 Å². The van der Waals surface area contributed by atoms with Gasteiger partial charge in [-0.3, -0.25) is 4.79 Å². The Morgan fingerprint density at radius 2 is 2.22 bits per heavy atom. The molecule has 0 saturated heterocycles. The zero-order valence-electron chi connectivity index (χ0n) is 10.3. The molecule has 0 atom stereocenters. The van der Waals surface area contributed by atoms with Crippen LogP contribution >= 0.6 is 11.6 Å². The van der Waals surface area contributed by atoms with Crippen molar-refractivity contribution in [3.8, 4) is 0 Å². The Kier molecular flexibility index (Phi) is 3.81. The Bertz CT molecular complexity index is 580. The van der Waals surface area contributed by atoms with Gasteiger partial charge in [0, 0.05) is 6.07 Å². The van der Waals surface area contributed by atoms with E-state index in [1.54, 1.807) is 13.0 Å². The number of pyridine rings is 1. The van der Waals surface area contributed by atoms with Gasteiger partial charge >= 0.3 is 5.97 Å². The van der Waals surface area contributed by atoms with E-state index in [4.69, 9.17) is 16.3 Å². The minimum atomic E-state index is -0.298. The molecule has 0 fully saturated rings. The molecule has 0 radical (unpaired) electrons. The van der Waals surface area contributed by atoms with Crippen LogP contribution in [0, 0.1) is 0 Å². The second-order valence-corrected chi connectivity index (χ2v) is 4.19. The number of hydrogen-bond donors (Lipinski definition) is 1. The van der Waals surface area contributed by atoms with E-state index in [1.807, 2.05) is 6.92 Å². The first-order valence-electron chi connectivity index (χ1n) is 5.83. The van der Waals surface area contributed by atoms with Crippen LogP contribution in [-0.4, -0.2) is 27.5 Å². The molecule has 0 spiro atoms. The third kappa shape index (κ3) is 2.61. The standard InChI is InChI=1S/C12H14ClN3O2/c1-3-7-12-8(5-9(13)14-7)15-10(16-12)6-11(17)18-4-2/h5H,3-4,6H2,1-2H3,(H,15,16). The number of rotatable bonds is 4. The SMILES string of the molecule is CCOC(=O)Cc1nc2c(CC)nc(Cl)cc2[nH]1. The summed E-state index contributed by atoms with van der Waals surface area (Å²) in [5.74, 6) is 0.274. The van der Waals surface area contributed by atoms with Gasteiger partial charge in [0.1, 0.15) is 22.9 Å². The van der Waals surface area contributed by atoms with Crippen molar-refractivity contribution in [1.82, 2.24) is 15.0 Å². The third-order valence-corrected chi connectivity index (χ3v) is 2.71. The minimum absolute atomic E-state index is 0.128. The Labute approximate surface area is 110 Å². The summed E-state index contributed by atoms with van der Waals surface area (Å²) >= 11 is 5.92. The number of hydrogen-bond acceptors (Lipinski definition) is 4. The average Bonchev–Trinajstić information content (AvgIpc) is 2.70. The van der Waals surface area contributed by atoms with E-state index in [1.165, 1.54) is 0 Å². The van der Waals surface area contributed by atoms with Crippen molar-refractivity contribution in [3.05, 3.63) is 22.7 Å². The van der Waals surface area contributed by atoms with Crippen molar-refractivity contribution in [2.75, 3.05) is 6.61 Å². The Hall–Kier alpha value is -1.62. The number of nitrogens with zero attached hydrogens (tertiary/aromatic N) is 2. The second-order valence-electron chi connectivity index (χ2n) is 3.81. The predicted octanol–water partition coefficient (Wildman–Crippen LogP) is 2.28. The number of carbonyl (C=O) groups is 1. The lowest BCUT2D eigenvalue weighted by Gasteiger charge is -1.97.